The second-order valence-corrected chi connectivity index (χ2v) is 11.8. The summed E-state index contributed by atoms with van der Waals surface area (Å²) in [6.07, 6.45) is 1.91. The molecule has 0 spiro atoms. The molecule has 1 aliphatic carbocycles. The van der Waals surface area contributed by atoms with Crippen LogP contribution < -0.4 is 10.6 Å². The number of hydrogen-bond donors (Lipinski definition) is 2. The first-order valence-corrected chi connectivity index (χ1v) is 14.9. The van der Waals surface area contributed by atoms with Gasteiger partial charge in [-0.1, -0.05) is 6.07 Å². The van der Waals surface area contributed by atoms with Gasteiger partial charge >= 0.3 is 6.18 Å². The molecule has 3 fully saturated rings. The second kappa shape index (κ2) is 13.8. The number of halogens is 5. The molecule has 0 radical (unpaired) electrons. The first-order chi connectivity index (χ1) is 20.2. The van der Waals surface area contributed by atoms with Crippen LogP contribution in [0.3, 0.4) is 0 Å². The molecule has 2 saturated heterocycles. The van der Waals surface area contributed by atoms with Gasteiger partial charge < -0.3 is 20.3 Å². The highest BCUT2D eigenvalue weighted by Gasteiger charge is 2.33. The molecular weight excluding hydrogens is 559 g/mol. The van der Waals surface area contributed by atoms with E-state index in [0.29, 0.717) is 17.9 Å². The molecule has 4 heterocycles. The number of alkyl halides is 5. The summed E-state index contributed by atoms with van der Waals surface area (Å²) in [4.78, 5) is 18.4. The zero-order chi connectivity index (χ0) is 29.7. The van der Waals surface area contributed by atoms with Crippen molar-refractivity contribution in [3.05, 3.63) is 41.5 Å². The van der Waals surface area contributed by atoms with Gasteiger partial charge in [-0.3, -0.25) is 9.48 Å². The van der Waals surface area contributed by atoms with E-state index in [0.717, 1.165) is 96.1 Å². The van der Waals surface area contributed by atoms with E-state index in [1.165, 1.54) is 23.7 Å². The Labute approximate surface area is 242 Å². The predicted molar refractivity (Wildman–Crippen MR) is 146 cm³/mol. The Morgan fingerprint density at radius 1 is 1.02 bits per heavy atom. The van der Waals surface area contributed by atoms with Crippen molar-refractivity contribution < 1.29 is 31.5 Å². The van der Waals surface area contributed by atoms with Crippen LogP contribution in [0.25, 0.3) is 0 Å². The van der Waals surface area contributed by atoms with E-state index in [1.807, 2.05) is 0 Å². The number of likely N-dealkylation sites (tertiary alicyclic amines) is 1. The Kier molecular flexibility index (Phi) is 10.1. The molecule has 1 amide bonds. The van der Waals surface area contributed by atoms with Gasteiger partial charge in [0.05, 0.1) is 17.8 Å². The first-order valence-electron chi connectivity index (χ1n) is 14.9. The van der Waals surface area contributed by atoms with Gasteiger partial charge in [-0.2, -0.15) is 18.3 Å². The van der Waals surface area contributed by atoms with E-state index in [9.17, 15) is 26.7 Å². The fourth-order valence-electron chi connectivity index (χ4n) is 6.29. The lowest BCUT2D eigenvalue weighted by atomic mass is 9.85. The number of rotatable bonds is 9. The third kappa shape index (κ3) is 8.04. The van der Waals surface area contributed by atoms with Crippen molar-refractivity contribution in [3.63, 3.8) is 0 Å². The molecule has 13 heteroatoms. The van der Waals surface area contributed by atoms with Gasteiger partial charge in [0.15, 0.2) is 5.69 Å². The largest absolute Gasteiger partial charge is 0.433 e. The Morgan fingerprint density at radius 2 is 1.74 bits per heavy atom. The Hall–Kier alpha value is -2.64. The zero-order valence-electron chi connectivity index (χ0n) is 23.6. The number of carbonyl (C=O) groups excluding carboxylic acids is 1. The highest BCUT2D eigenvalue weighted by molar-refractivity contribution is 6.03. The van der Waals surface area contributed by atoms with Crippen LogP contribution in [0, 0.1) is 11.8 Å². The minimum atomic E-state index is -4.73. The number of anilines is 1. The summed E-state index contributed by atoms with van der Waals surface area (Å²) in [7, 11) is 0. The lowest BCUT2D eigenvalue weighted by Crippen LogP contribution is -2.41. The van der Waals surface area contributed by atoms with Crippen molar-refractivity contribution in [3.8, 4) is 0 Å². The summed E-state index contributed by atoms with van der Waals surface area (Å²) in [5.41, 5.74) is -2.58. The molecule has 232 valence electrons. The lowest BCUT2D eigenvalue weighted by Gasteiger charge is -2.37. The number of ether oxygens (including phenoxy) is 1. The van der Waals surface area contributed by atoms with Crippen LogP contribution in [0.4, 0.5) is 27.6 Å². The predicted octanol–water partition coefficient (Wildman–Crippen LogP) is 5.70. The molecule has 2 aromatic rings. The molecule has 2 N–H and O–H groups in total. The van der Waals surface area contributed by atoms with Crippen LogP contribution in [0.15, 0.2) is 24.4 Å². The maximum Gasteiger partial charge on any atom is 0.433 e. The highest BCUT2D eigenvalue weighted by Crippen LogP contribution is 2.36. The minimum absolute atomic E-state index is 0.0924. The van der Waals surface area contributed by atoms with Crippen LogP contribution in [0.2, 0.25) is 0 Å². The van der Waals surface area contributed by atoms with Crippen molar-refractivity contribution in [2.24, 2.45) is 11.8 Å². The lowest BCUT2D eigenvalue weighted by molar-refractivity contribution is -0.141. The monoisotopic (exact) mass is 598 g/mol. The zero-order valence-corrected chi connectivity index (χ0v) is 23.6. The molecule has 8 nitrogen and oxygen atoms in total. The van der Waals surface area contributed by atoms with E-state index in [-0.39, 0.29) is 11.7 Å². The molecule has 2 aliphatic heterocycles. The standard InChI is InChI=1S/C29H39F5N6O2/c30-27(31)26-24(37-28(41)23-2-1-3-25(36-23)29(32,33)34)17-40(38-26)21-6-4-19(5-7-21)16-39-14-10-22(11-15-39)42-18-20-8-12-35-13-9-20/h1-3,17,19-22,27,35H,4-16,18H2,(H,37,41). The highest BCUT2D eigenvalue weighted by atomic mass is 19.4. The molecule has 0 unspecified atom stereocenters. The van der Waals surface area contributed by atoms with E-state index in [2.05, 4.69) is 25.6 Å². The smallest absolute Gasteiger partial charge is 0.378 e. The summed E-state index contributed by atoms with van der Waals surface area (Å²) < 4.78 is 74.2. The number of amides is 1. The van der Waals surface area contributed by atoms with Crippen LogP contribution in [0.5, 0.6) is 0 Å². The molecule has 42 heavy (non-hydrogen) atoms. The maximum atomic E-state index is 13.8. The fraction of sp³-hybridized carbons (Fsp3) is 0.690. The van der Waals surface area contributed by atoms with Crippen molar-refractivity contribution >= 4 is 11.6 Å². The number of nitrogens with zero attached hydrogens (tertiary/aromatic N) is 4. The summed E-state index contributed by atoms with van der Waals surface area (Å²) in [5.74, 6) is 0.183. The Morgan fingerprint density at radius 3 is 2.40 bits per heavy atom. The van der Waals surface area contributed by atoms with Crippen LogP contribution in [-0.4, -0.2) is 71.0 Å². The molecule has 0 aromatic carbocycles. The quantitative estimate of drug-likeness (QED) is 0.361. The van der Waals surface area contributed by atoms with Crippen molar-refractivity contribution in [1.29, 1.82) is 0 Å². The van der Waals surface area contributed by atoms with Gasteiger partial charge in [0, 0.05) is 32.4 Å². The molecule has 1 saturated carbocycles. The Bertz CT molecular complexity index is 1170. The van der Waals surface area contributed by atoms with Gasteiger partial charge in [0.25, 0.3) is 12.3 Å². The Balaban J connectivity index is 1.09. The van der Waals surface area contributed by atoms with Gasteiger partial charge in [0.2, 0.25) is 0 Å². The number of piperidine rings is 2. The van der Waals surface area contributed by atoms with Gasteiger partial charge in [0.1, 0.15) is 11.4 Å². The minimum Gasteiger partial charge on any atom is -0.378 e. The number of pyridine rings is 1. The summed E-state index contributed by atoms with van der Waals surface area (Å²) >= 11 is 0. The molecular formula is C29H39F5N6O2. The van der Waals surface area contributed by atoms with E-state index in [4.69, 9.17) is 4.74 Å². The maximum absolute atomic E-state index is 13.8. The van der Waals surface area contributed by atoms with Crippen molar-refractivity contribution in [2.45, 2.75) is 76.1 Å². The summed E-state index contributed by atoms with van der Waals surface area (Å²) in [6.45, 7) is 6.10. The van der Waals surface area contributed by atoms with E-state index < -0.39 is 35.6 Å². The molecule has 2 aromatic heterocycles. The normalized spacial score (nSPS) is 23.4. The van der Waals surface area contributed by atoms with Crippen molar-refractivity contribution in [2.75, 3.05) is 44.6 Å². The average molecular weight is 599 g/mol. The third-order valence-corrected chi connectivity index (χ3v) is 8.76. The van der Waals surface area contributed by atoms with Crippen LogP contribution in [-0.2, 0) is 10.9 Å². The molecule has 0 bridgehead atoms. The van der Waals surface area contributed by atoms with E-state index in [1.54, 1.807) is 0 Å². The number of nitrogens with one attached hydrogen (secondary N) is 2. The van der Waals surface area contributed by atoms with Crippen molar-refractivity contribution in [1.82, 2.24) is 25.0 Å². The summed E-state index contributed by atoms with van der Waals surface area (Å²) in [6, 6.07) is 2.80. The van der Waals surface area contributed by atoms with Gasteiger partial charge in [-0.05, 0) is 88.4 Å². The second-order valence-electron chi connectivity index (χ2n) is 11.8. The molecule has 5 rings (SSSR count). The topological polar surface area (TPSA) is 84.3 Å². The van der Waals surface area contributed by atoms with Gasteiger partial charge in [-0.25, -0.2) is 13.8 Å². The van der Waals surface area contributed by atoms with Crippen LogP contribution >= 0.6 is 0 Å². The number of hydrogen-bond acceptors (Lipinski definition) is 6. The van der Waals surface area contributed by atoms with Gasteiger partial charge in [-0.15, -0.1) is 0 Å². The number of carbonyl (C=O) groups is 1. The SMILES string of the molecule is O=C(Nc1cn(C2CCC(CN3CCC(OCC4CCNCC4)CC3)CC2)nc1C(F)F)c1cccc(C(F)(F)F)n1. The fourth-order valence-corrected chi connectivity index (χ4v) is 6.29. The molecule has 3 aliphatic rings. The average Bonchev–Trinajstić information content (AvgIpc) is 3.41. The molecule has 0 atom stereocenters. The first kappa shape index (κ1) is 30.8. The van der Waals surface area contributed by atoms with Crippen LogP contribution in [0.1, 0.15) is 85.7 Å². The number of aromatic nitrogens is 3. The van der Waals surface area contributed by atoms with E-state index >= 15 is 0 Å². The third-order valence-electron chi connectivity index (χ3n) is 8.76. The summed E-state index contributed by atoms with van der Waals surface area (Å²) in [5, 5.41) is 9.74.